The van der Waals surface area contributed by atoms with Gasteiger partial charge in [-0.2, -0.15) is 13.2 Å². The van der Waals surface area contributed by atoms with Crippen molar-refractivity contribution in [1.29, 1.82) is 0 Å². The molecule has 0 aliphatic rings. The van der Waals surface area contributed by atoms with Crippen molar-refractivity contribution in [1.82, 2.24) is 23.9 Å². The fourth-order valence-corrected chi connectivity index (χ4v) is 5.24. The summed E-state index contributed by atoms with van der Waals surface area (Å²) >= 11 is 0. The van der Waals surface area contributed by atoms with Crippen molar-refractivity contribution in [2.45, 2.75) is 24.5 Å². The highest BCUT2D eigenvalue weighted by Crippen LogP contribution is 2.37. The number of aromatic nitrogens is 5. The number of aryl methyl sites for hydroxylation is 1. The number of hydrogen-bond donors (Lipinski definition) is 0. The second kappa shape index (κ2) is 8.06. The molecule has 4 aromatic heterocycles. The molecule has 0 spiro atoms. The van der Waals surface area contributed by atoms with Crippen LogP contribution in [0.4, 0.5) is 26.3 Å². The van der Waals surface area contributed by atoms with Crippen molar-refractivity contribution in [2.75, 3.05) is 5.75 Å². The van der Waals surface area contributed by atoms with Crippen LogP contribution in [0.25, 0.3) is 39.1 Å². The van der Waals surface area contributed by atoms with Crippen LogP contribution < -0.4 is 4.74 Å². The van der Waals surface area contributed by atoms with Crippen LogP contribution in [0.15, 0.2) is 47.8 Å². The first-order valence-electron chi connectivity index (χ1n) is 10.5. The monoisotopic (exact) mass is 543 g/mol. The van der Waals surface area contributed by atoms with Gasteiger partial charge in [0, 0.05) is 18.6 Å². The lowest BCUT2D eigenvalue weighted by Gasteiger charge is -2.11. The van der Waals surface area contributed by atoms with Crippen molar-refractivity contribution >= 4 is 37.4 Å². The first-order valence-corrected chi connectivity index (χ1v) is 12.2. The van der Waals surface area contributed by atoms with Gasteiger partial charge in [-0.25, -0.2) is 23.4 Å². The predicted octanol–water partition coefficient (Wildman–Crippen LogP) is 5.15. The molecule has 8 nitrogen and oxygen atoms in total. The van der Waals surface area contributed by atoms with E-state index in [2.05, 4.69) is 19.7 Å². The molecule has 0 amide bonds. The van der Waals surface area contributed by atoms with E-state index >= 15 is 0 Å². The number of alkyl halides is 6. The van der Waals surface area contributed by atoms with Crippen LogP contribution in [0.5, 0.6) is 5.75 Å². The lowest BCUT2D eigenvalue weighted by molar-refractivity contribution is -0.274. The maximum atomic E-state index is 13.4. The summed E-state index contributed by atoms with van der Waals surface area (Å²) in [6.45, 7) is 1.33. The first-order chi connectivity index (χ1) is 17.2. The molecule has 0 atom stereocenters. The summed E-state index contributed by atoms with van der Waals surface area (Å²) in [5.74, 6) is -1.01. The van der Waals surface area contributed by atoms with Crippen molar-refractivity contribution in [3.63, 3.8) is 0 Å². The number of halogens is 6. The summed E-state index contributed by atoms with van der Waals surface area (Å²) in [4.78, 5) is 12.7. The molecule has 0 bridgehead atoms. The SMILES string of the molecule is CCS(=O)(=O)c1c(-c2nc3cnc4c(OC(F)(F)F)cccc4c3n2C)nc2ccc(C(F)(F)F)cn12. The Morgan fingerprint density at radius 1 is 1.03 bits per heavy atom. The van der Waals surface area contributed by atoms with E-state index in [1.165, 1.54) is 36.9 Å². The minimum Gasteiger partial charge on any atom is -0.403 e. The number of benzene rings is 1. The zero-order chi connectivity index (χ0) is 26.9. The van der Waals surface area contributed by atoms with Gasteiger partial charge in [0.15, 0.2) is 26.4 Å². The Balaban J connectivity index is 1.82. The number of rotatable bonds is 4. The Kier molecular flexibility index (Phi) is 5.40. The highest BCUT2D eigenvalue weighted by Gasteiger charge is 2.34. The molecule has 1 aromatic carbocycles. The summed E-state index contributed by atoms with van der Waals surface area (Å²) < 4.78 is 111. The summed E-state index contributed by atoms with van der Waals surface area (Å²) in [6.07, 6.45) is -7.85. The van der Waals surface area contributed by atoms with Gasteiger partial charge >= 0.3 is 12.5 Å². The van der Waals surface area contributed by atoms with Crippen LogP contribution in [0.2, 0.25) is 0 Å². The lowest BCUT2D eigenvalue weighted by atomic mass is 10.2. The van der Waals surface area contributed by atoms with E-state index < -0.39 is 44.5 Å². The molecule has 0 aliphatic carbocycles. The van der Waals surface area contributed by atoms with Crippen molar-refractivity contribution in [3.05, 3.63) is 48.3 Å². The van der Waals surface area contributed by atoms with Gasteiger partial charge in [-0.1, -0.05) is 19.1 Å². The number of sulfone groups is 1. The summed E-state index contributed by atoms with van der Waals surface area (Å²) in [7, 11) is -2.65. The normalized spacial score (nSPS) is 13.2. The maximum Gasteiger partial charge on any atom is 0.573 e. The van der Waals surface area contributed by atoms with E-state index in [0.717, 1.165) is 22.6 Å². The molecular formula is C22H15F6N5O3S. The molecule has 0 saturated carbocycles. The molecule has 0 fully saturated rings. The van der Waals surface area contributed by atoms with E-state index in [0.29, 0.717) is 11.7 Å². The molecule has 15 heteroatoms. The van der Waals surface area contributed by atoms with Gasteiger partial charge in [0.2, 0.25) is 0 Å². The maximum absolute atomic E-state index is 13.4. The highest BCUT2D eigenvalue weighted by atomic mass is 32.2. The predicted molar refractivity (Wildman–Crippen MR) is 120 cm³/mol. The Bertz CT molecular complexity index is 1810. The van der Waals surface area contributed by atoms with Crippen molar-refractivity contribution in [3.8, 4) is 17.3 Å². The molecule has 0 radical (unpaired) electrons. The van der Waals surface area contributed by atoms with Gasteiger partial charge in [0.25, 0.3) is 0 Å². The summed E-state index contributed by atoms with van der Waals surface area (Å²) in [6, 6.07) is 5.73. The molecule has 37 heavy (non-hydrogen) atoms. The number of ether oxygens (including phenoxy) is 1. The minimum absolute atomic E-state index is 0.0317. The smallest absolute Gasteiger partial charge is 0.403 e. The number of hydrogen-bond acceptors (Lipinski definition) is 6. The molecule has 0 saturated heterocycles. The Hall–Kier alpha value is -3.88. The van der Waals surface area contributed by atoms with Gasteiger partial charge in [-0.3, -0.25) is 4.40 Å². The largest absolute Gasteiger partial charge is 0.573 e. The minimum atomic E-state index is -4.96. The fourth-order valence-electron chi connectivity index (χ4n) is 4.09. The number of nitrogens with zero attached hydrogens (tertiary/aromatic N) is 5. The standard InChI is InChI=1S/C22H15F6N5O3S/c1-3-37(34,35)20-17(31-15-8-7-11(10-33(15)20)21(23,24)25)19-30-13-9-29-16-12(18(13)32(19)2)5-4-6-14(16)36-22(26,27)28/h4-10H,3H2,1-2H3. The highest BCUT2D eigenvalue weighted by molar-refractivity contribution is 7.91. The average Bonchev–Trinajstić information content (AvgIpc) is 3.35. The van der Waals surface area contributed by atoms with Crippen LogP contribution in [-0.4, -0.2) is 44.5 Å². The van der Waals surface area contributed by atoms with Gasteiger partial charge in [0.1, 0.15) is 22.4 Å². The van der Waals surface area contributed by atoms with Gasteiger partial charge < -0.3 is 9.30 Å². The Morgan fingerprint density at radius 2 is 1.76 bits per heavy atom. The molecule has 5 rings (SSSR count). The van der Waals surface area contributed by atoms with E-state index in [1.807, 2.05) is 0 Å². The molecule has 0 unspecified atom stereocenters. The quantitative estimate of drug-likeness (QED) is 0.292. The Morgan fingerprint density at radius 3 is 2.41 bits per heavy atom. The van der Waals surface area contributed by atoms with Crippen LogP contribution in [0, 0.1) is 0 Å². The molecular weight excluding hydrogens is 528 g/mol. The van der Waals surface area contributed by atoms with Crippen molar-refractivity contribution in [2.24, 2.45) is 7.05 Å². The topological polar surface area (TPSA) is 91.4 Å². The van der Waals surface area contributed by atoms with Gasteiger partial charge in [-0.05, 0) is 18.2 Å². The fraction of sp³-hybridized carbons (Fsp3) is 0.227. The van der Waals surface area contributed by atoms with E-state index in [4.69, 9.17) is 0 Å². The zero-order valence-corrected chi connectivity index (χ0v) is 19.7. The van der Waals surface area contributed by atoms with Gasteiger partial charge in [-0.15, -0.1) is 13.2 Å². The second-order valence-electron chi connectivity index (χ2n) is 8.00. The Labute approximate surface area is 204 Å². The molecule has 4 heterocycles. The molecule has 5 aromatic rings. The number of para-hydroxylation sites is 1. The third kappa shape index (κ3) is 4.12. The zero-order valence-electron chi connectivity index (χ0n) is 18.9. The van der Waals surface area contributed by atoms with E-state index in [1.54, 1.807) is 0 Å². The second-order valence-corrected chi connectivity index (χ2v) is 10.2. The molecule has 194 valence electrons. The van der Waals surface area contributed by atoms with Crippen LogP contribution in [0.1, 0.15) is 12.5 Å². The first kappa shape index (κ1) is 24.8. The van der Waals surface area contributed by atoms with Gasteiger partial charge in [0.05, 0.1) is 23.0 Å². The number of fused-ring (bicyclic) bond motifs is 4. The van der Waals surface area contributed by atoms with E-state index in [-0.39, 0.29) is 33.6 Å². The van der Waals surface area contributed by atoms with E-state index in [9.17, 15) is 34.8 Å². The summed E-state index contributed by atoms with van der Waals surface area (Å²) in [5, 5.41) is -0.267. The van der Waals surface area contributed by atoms with Crippen molar-refractivity contribution < 1.29 is 39.5 Å². The average molecular weight is 543 g/mol. The number of pyridine rings is 2. The lowest BCUT2D eigenvalue weighted by Crippen LogP contribution is -2.17. The van der Waals surface area contributed by atoms with Crippen LogP contribution >= 0.6 is 0 Å². The van der Waals surface area contributed by atoms with Crippen LogP contribution in [0.3, 0.4) is 0 Å². The number of imidazole rings is 2. The third-order valence-corrected chi connectivity index (χ3v) is 7.45. The molecule has 0 aliphatic heterocycles. The third-order valence-electron chi connectivity index (χ3n) is 5.71. The van der Waals surface area contributed by atoms with Crippen LogP contribution in [-0.2, 0) is 23.1 Å². The molecule has 0 N–H and O–H groups in total. The summed E-state index contributed by atoms with van der Waals surface area (Å²) in [5.41, 5.74) is -0.980.